The third kappa shape index (κ3) is 6.39. The fourth-order valence-electron chi connectivity index (χ4n) is 2.36. The lowest BCUT2D eigenvalue weighted by Gasteiger charge is -2.21. The molecule has 2 unspecified atom stereocenters. The Balaban J connectivity index is 2.48. The van der Waals surface area contributed by atoms with Crippen LogP contribution in [-0.2, 0) is 4.79 Å². The number of hydrogen-bond acceptors (Lipinski definition) is 2. The number of carboxylic acid groups (broad SMARTS) is 1. The number of rotatable bonds is 8. The first kappa shape index (κ1) is 15.7. The van der Waals surface area contributed by atoms with Gasteiger partial charge in [0.25, 0.3) is 0 Å². The Morgan fingerprint density at radius 2 is 1.84 bits per heavy atom. The Morgan fingerprint density at radius 1 is 1.21 bits per heavy atom. The maximum absolute atomic E-state index is 10.9. The van der Waals surface area contributed by atoms with Crippen LogP contribution in [0.4, 0.5) is 0 Å². The second-order valence-corrected chi connectivity index (χ2v) is 5.63. The van der Waals surface area contributed by atoms with Gasteiger partial charge < -0.3 is 10.4 Å². The first-order valence-corrected chi connectivity index (χ1v) is 6.99. The number of hydrogen-bond donors (Lipinski definition) is 2. The van der Waals surface area contributed by atoms with Crippen LogP contribution in [-0.4, -0.2) is 17.6 Å². The Morgan fingerprint density at radius 3 is 2.37 bits per heavy atom. The monoisotopic (exact) mass is 263 g/mol. The molecule has 0 spiro atoms. The molecule has 2 atom stereocenters. The molecular weight excluding hydrogens is 238 g/mol. The van der Waals surface area contributed by atoms with Gasteiger partial charge in [0.2, 0.25) is 0 Å². The fourth-order valence-corrected chi connectivity index (χ4v) is 2.36. The molecule has 0 bridgehead atoms. The molecule has 0 aliphatic rings. The minimum Gasteiger partial charge on any atom is -0.481 e. The highest BCUT2D eigenvalue weighted by Gasteiger charge is 2.16. The number of carboxylic acids is 1. The van der Waals surface area contributed by atoms with Gasteiger partial charge in [-0.05, 0) is 37.3 Å². The average Bonchev–Trinajstić information content (AvgIpc) is 2.35. The van der Waals surface area contributed by atoms with Crippen molar-refractivity contribution in [3.8, 4) is 0 Å². The zero-order chi connectivity index (χ0) is 14.3. The van der Waals surface area contributed by atoms with Crippen LogP contribution in [0.15, 0.2) is 30.3 Å². The lowest BCUT2D eigenvalue weighted by atomic mass is 9.93. The van der Waals surface area contributed by atoms with E-state index in [1.54, 1.807) is 0 Å². The number of carbonyl (C=O) groups is 1. The first-order valence-electron chi connectivity index (χ1n) is 6.99. The minimum absolute atomic E-state index is 0.198. The van der Waals surface area contributed by atoms with Crippen molar-refractivity contribution in [3.63, 3.8) is 0 Å². The van der Waals surface area contributed by atoms with E-state index < -0.39 is 5.97 Å². The Bertz CT molecular complexity index is 376. The predicted octanol–water partition coefficient (Wildman–Crippen LogP) is 3.47. The Kier molecular flexibility index (Phi) is 6.57. The van der Waals surface area contributed by atoms with Crippen LogP contribution in [0.2, 0.25) is 0 Å². The van der Waals surface area contributed by atoms with Gasteiger partial charge in [0.05, 0.1) is 0 Å². The number of benzene rings is 1. The molecule has 19 heavy (non-hydrogen) atoms. The minimum atomic E-state index is -0.709. The summed E-state index contributed by atoms with van der Waals surface area (Å²) in [5.41, 5.74) is 1.24. The molecule has 0 saturated heterocycles. The zero-order valence-electron chi connectivity index (χ0n) is 12.1. The van der Waals surface area contributed by atoms with E-state index in [2.05, 4.69) is 38.2 Å². The van der Waals surface area contributed by atoms with Crippen LogP contribution in [0.25, 0.3) is 0 Å². The molecule has 2 N–H and O–H groups in total. The molecule has 0 aromatic heterocycles. The van der Waals surface area contributed by atoms with Gasteiger partial charge in [-0.15, -0.1) is 0 Å². The van der Waals surface area contributed by atoms with Gasteiger partial charge >= 0.3 is 5.97 Å². The molecule has 1 aromatic carbocycles. The van der Waals surface area contributed by atoms with E-state index in [9.17, 15) is 4.79 Å². The third-order valence-corrected chi connectivity index (χ3v) is 3.28. The molecule has 3 heteroatoms. The van der Waals surface area contributed by atoms with Crippen molar-refractivity contribution in [2.45, 2.75) is 39.7 Å². The van der Waals surface area contributed by atoms with Gasteiger partial charge in [0.1, 0.15) is 0 Å². The molecule has 3 nitrogen and oxygen atoms in total. The molecular formula is C16H25NO2. The molecule has 0 aliphatic carbocycles. The summed E-state index contributed by atoms with van der Waals surface area (Å²) in [5, 5.41) is 12.4. The van der Waals surface area contributed by atoms with E-state index >= 15 is 0 Å². The Hall–Kier alpha value is -1.35. The van der Waals surface area contributed by atoms with Crippen molar-refractivity contribution in [2.75, 3.05) is 6.54 Å². The van der Waals surface area contributed by atoms with E-state index in [0.29, 0.717) is 5.92 Å². The summed E-state index contributed by atoms with van der Waals surface area (Å²) in [7, 11) is 0. The highest BCUT2D eigenvalue weighted by Crippen LogP contribution is 2.17. The van der Waals surface area contributed by atoms with E-state index in [1.165, 1.54) is 5.56 Å². The molecule has 106 valence electrons. The summed E-state index contributed by atoms with van der Waals surface area (Å²) in [6.45, 7) is 7.13. The lowest BCUT2D eigenvalue weighted by molar-refractivity contribution is -0.138. The van der Waals surface area contributed by atoms with Crippen molar-refractivity contribution in [1.82, 2.24) is 5.32 Å². The van der Waals surface area contributed by atoms with Crippen LogP contribution in [0.3, 0.4) is 0 Å². The molecule has 1 rings (SSSR count). The molecule has 0 aliphatic heterocycles. The summed E-state index contributed by atoms with van der Waals surface area (Å²) in [5.74, 6) is 0.0154. The van der Waals surface area contributed by atoms with E-state index in [4.69, 9.17) is 5.11 Å². The molecule has 0 amide bonds. The molecule has 0 fully saturated rings. The second kappa shape index (κ2) is 7.95. The fraction of sp³-hybridized carbons (Fsp3) is 0.562. The summed E-state index contributed by atoms with van der Waals surface area (Å²) in [6, 6.07) is 10.5. The van der Waals surface area contributed by atoms with Crippen LogP contribution >= 0.6 is 0 Å². The summed E-state index contributed by atoms with van der Waals surface area (Å²) < 4.78 is 0. The van der Waals surface area contributed by atoms with E-state index in [-0.39, 0.29) is 18.4 Å². The van der Waals surface area contributed by atoms with Crippen LogP contribution < -0.4 is 5.32 Å². The quantitative estimate of drug-likeness (QED) is 0.755. The highest BCUT2D eigenvalue weighted by molar-refractivity contribution is 5.67. The number of aliphatic carboxylic acids is 1. The zero-order valence-corrected chi connectivity index (χ0v) is 12.1. The molecule has 0 heterocycles. The first-order chi connectivity index (χ1) is 8.99. The standard InChI is InChI=1S/C16H25NO2/c1-12(2)9-14(10-16(18)19)11-17-13(3)15-7-5-4-6-8-15/h4-8,12-14,17H,9-11H2,1-3H3,(H,18,19). The van der Waals surface area contributed by atoms with Crippen molar-refractivity contribution in [3.05, 3.63) is 35.9 Å². The topological polar surface area (TPSA) is 49.3 Å². The van der Waals surface area contributed by atoms with Crippen molar-refractivity contribution in [1.29, 1.82) is 0 Å². The summed E-state index contributed by atoms with van der Waals surface area (Å²) in [4.78, 5) is 10.9. The van der Waals surface area contributed by atoms with Crippen molar-refractivity contribution >= 4 is 5.97 Å². The molecule has 1 aromatic rings. The van der Waals surface area contributed by atoms with Crippen LogP contribution in [0, 0.1) is 11.8 Å². The lowest BCUT2D eigenvalue weighted by Crippen LogP contribution is -2.28. The predicted molar refractivity (Wildman–Crippen MR) is 78.1 cm³/mol. The number of nitrogens with one attached hydrogen (secondary N) is 1. The highest BCUT2D eigenvalue weighted by atomic mass is 16.4. The normalized spacial score (nSPS) is 14.3. The summed E-state index contributed by atoms with van der Waals surface area (Å²) >= 11 is 0. The Labute approximate surface area is 116 Å². The second-order valence-electron chi connectivity index (χ2n) is 5.63. The van der Waals surface area contributed by atoms with E-state index in [1.807, 2.05) is 18.2 Å². The average molecular weight is 263 g/mol. The van der Waals surface area contributed by atoms with Gasteiger partial charge in [-0.3, -0.25) is 4.79 Å². The van der Waals surface area contributed by atoms with Crippen LogP contribution in [0.5, 0.6) is 0 Å². The van der Waals surface area contributed by atoms with Crippen molar-refractivity contribution in [2.24, 2.45) is 11.8 Å². The van der Waals surface area contributed by atoms with Gasteiger partial charge in [-0.25, -0.2) is 0 Å². The summed E-state index contributed by atoms with van der Waals surface area (Å²) in [6.07, 6.45) is 1.19. The maximum atomic E-state index is 10.9. The SMILES string of the molecule is CC(C)CC(CNC(C)c1ccccc1)CC(=O)O. The van der Waals surface area contributed by atoms with Gasteiger partial charge in [-0.1, -0.05) is 44.2 Å². The van der Waals surface area contributed by atoms with Gasteiger partial charge in [0, 0.05) is 12.5 Å². The van der Waals surface area contributed by atoms with E-state index in [0.717, 1.165) is 13.0 Å². The molecule has 0 saturated carbocycles. The van der Waals surface area contributed by atoms with Crippen LogP contribution in [0.1, 0.15) is 45.2 Å². The van der Waals surface area contributed by atoms with Crippen molar-refractivity contribution < 1.29 is 9.90 Å². The smallest absolute Gasteiger partial charge is 0.303 e. The largest absolute Gasteiger partial charge is 0.481 e. The molecule has 0 radical (unpaired) electrons. The van der Waals surface area contributed by atoms with Gasteiger partial charge in [0.15, 0.2) is 0 Å². The third-order valence-electron chi connectivity index (χ3n) is 3.28. The maximum Gasteiger partial charge on any atom is 0.303 e. The van der Waals surface area contributed by atoms with Gasteiger partial charge in [-0.2, -0.15) is 0 Å².